The van der Waals surface area contributed by atoms with E-state index in [1.165, 1.54) is 18.3 Å². The topological polar surface area (TPSA) is 105 Å². The van der Waals surface area contributed by atoms with Crippen LogP contribution in [0.3, 0.4) is 0 Å². The van der Waals surface area contributed by atoms with Crippen LogP contribution in [0.15, 0.2) is 62.2 Å². The predicted molar refractivity (Wildman–Crippen MR) is 117 cm³/mol. The van der Waals surface area contributed by atoms with Gasteiger partial charge in [0, 0.05) is 21.4 Å². The van der Waals surface area contributed by atoms with Crippen molar-refractivity contribution in [1.29, 1.82) is 0 Å². The summed E-state index contributed by atoms with van der Waals surface area (Å²) in [6, 6.07) is 11.6. The lowest BCUT2D eigenvalue weighted by atomic mass is 10.1. The minimum atomic E-state index is -0.583. The van der Waals surface area contributed by atoms with Crippen LogP contribution in [0.5, 0.6) is 5.75 Å². The molecule has 1 amide bonds. The number of aromatic hydroxyl groups is 1. The van der Waals surface area contributed by atoms with Crippen LogP contribution in [0.2, 0.25) is 10.0 Å². The number of hydrogen-bond acceptors (Lipinski definition) is 7. The number of rotatable bonds is 4. The Morgan fingerprint density at radius 2 is 2.03 bits per heavy atom. The van der Waals surface area contributed by atoms with Gasteiger partial charge in [-0.1, -0.05) is 41.4 Å². The first-order chi connectivity index (χ1) is 14.4. The van der Waals surface area contributed by atoms with Crippen LogP contribution < -0.4 is 11.1 Å². The number of para-hydroxylation sites is 1. The van der Waals surface area contributed by atoms with Gasteiger partial charge in [-0.25, -0.2) is 15.2 Å². The molecule has 150 valence electrons. The number of amides is 1. The number of nitrogens with zero attached hydrogens (tertiary/aromatic N) is 2. The van der Waals surface area contributed by atoms with Crippen molar-refractivity contribution >= 4 is 57.6 Å². The molecule has 2 heterocycles. The summed E-state index contributed by atoms with van der Waals surface area (Å²) in [6.07, 6.45) is 1.21. The first kappa shape index (κ1) is 20.1. The first-order valence-electron chi connectivity index (χ1n) is 8.42. The molecular formula is C20H11Cl2N3O4S. The van der Waals surface area contributed by atoms with Crippen LogP contribution in [0.25, 0.3) is 22.2 Å². The van der Waals surface area contributed by atoms with Crippen LogP contribution in [0.1, 0.15) is 15.4 Å². The van der Waals surface area contributed by atoms with E-state index in [-0.39, 0.29) is 26.9 Å². The molecule has 0 aliphatic carbocycles. The summed E-state index contributed by atoms with van der Waals surface area (Å²) < 4.78 is 5.30. The highest BCUT2D eigenvalue weighted by Gasteiger charge is 2.15. The zero-order valence-electron chi connectivity index (χ0n) is 14.9. The van der Waals surface area contributed by atoms with Crippen molar-refractivity contribution < 1.29 is 14.3 Å². The van der Waals surface area contributed by atoms with Gasteiger partial charge in [-0.3, -0.25) is 4.79 Å². The quantitative estimate of drug-likeness (QED) is 0.261. The Balaban J connectivity index is 1.54. The van der Waals surface area contributed by atoms with Gasteiger partial charge in [0.05, 0.1) is 22.5 Å². The lowest BCUT2D eigenvalue weighted by molar-refractivity contribution is 0.0955. The number of carbonyl (C=O) groups excluding carboxylic acids is 1. The number of thiazole rings is 1. The van der Waals surface area contributed by atoms with Gasteiger partial charge < -0.3 is 9.52 Å². The molecule has 2 aromatic carbocycles. The third-order valence-corrected chi connectivity index (χ3v) is 5.39. The normalized spacial score (nSPS) is 11.3. The molecular weight excluding hydrogens is 449 g/mol. The van der Waals surface area contributed by atoms with E-state index in [9.17, 15) is 14.7 Å². The molecule has 7 nitrogen and oxygen atoms in total. The highest BCUT2D eigenvalue weighted by molar-refractivity contribution is 7.12. The Morgan fingerprint density at radius 1 is 1.23 bits per heavy atom. The van der Waals surface area contributed by atoms with Gasteiger partial charge in [0.1, 0.15) is 11.3 Å². The number of fused-ring (bicyclic) bond motifs is 1. The summed E-state index contributed by atoms with van der Waals surface area (Å²) >= 11 is 12.8. The third-order valence-electron chi connectivity index (χ3n) is 4.04. The van der Waals surface area contributed by atoms with E-state index in [1.54, 1.807) is 23.6 Å². The molecule has 2 aromatic heterocycles. The number of hydrazone groups is 1. The molecule has 0 saturated carbocycles. The van der Waals surface area contributed by atoms with E-state index in [2.05, 4.69) is 15.5 Å². The predicted octanol–water partition coefficient (Wildman–Crippen LogP) is 4.69. The molecule has 0 radical (unpaired) electrons. The molecule has 0 saturated heterocycles. The molecule has 0 spiro atoms. The Labute approximate surface area is 183 Å². The minimum Gasteiger partial charge on any atom is -0.506 e. The zero-order valence-corrected chi connectivity index (χ0v) is 17.3. The maximum Gasteiger partial charge on any atom is 0.345 e. The Bertz CT molecular complexity index is 1360. The first-order valence-corrected chi connectivity index (χ1v) is 10.1. The van der Waals surface area contributed by atoms with E-state index < -0.39 is 11.5 Å². The standard InChI is InChI=1S/C20H11Cl2N3O4S/c21-12-5-11(17(26)14(22)7-12)8-23-25-18(27)19-24-15(9-30-19)13-6-10-3-1-2-4-16(10)29-20(13)28/h1-9,26H,(H,25,27)/b23-8+. The van der Waals surface area contributed by atoms with Gasteiger partial charge in [0.25, 0.3) is 5.91 Å². The molecule has 4 aromatic rings. The largest absolute Gasteiger partial charge is 0.506 e. The smallest absolute Gasteiger partial charge is 0.345 e. The number of benzene rings is 2. The van der Waals surface area contributed by atoms with Crippen molar-refractivity contribution in [3.05, 3.63) is 78.9 Å². The maximum atomic E-state index is 12.3. The molecule has 0 aliphatic heterocycles. The van der Waals surface area contributed by atoms with Crippen molar-refractivity contribution in [3.63, 3.8) is 0 Å². The lowest BCUT2D eigenvalue weighted by Gasteiger charge is -2.02. The maximum absolute atomic E-state index is 12.3. The average Bonchev–Trinajstić information content (AvgIpc) is 3.21. The van der Waals surface area contributed by atoms with Gasteiger partial charge in [-0.05, 0) is 24.3 Å². The number of aromatic nitrogens is 1. The molecule has 4 rings (SSSR count). The van der Waals surface area contributed by atoms with E-state index in [4.69, 9.17) is 27.6 Å². The van der Waals surface area contributed by atoms with Crippen LogP contribution in [0, 0.1) is 0 Å². The molecule has 2 N–H and O–H groups in total. The SMILES string of the molecule is O=C(N/N=C/c1cc(Cl)cc(Cl)c1O)c1nc(-c2cc3ccccc3oc2=O)cs1. The summed E-state index contributed by atoms with van der Waals surface area (Å²) in [5.74, 6) is -0.793. The second-order valence-electron chi connectivity index (χ2n) is 6.05. The number of nitrogens with one attached hydrogen (secondary N) is 1. The molecule has 0 atom stereocenters. The van der Waals surface area contributed by atoms with Crippen molar-refractivity contribution in [1.82, 2.24) is 10.4 Å². The monoisotopic (exact) mass is 459 g/mol. The number of hydrogen-bond donors (Lipinski definition) is 2. The van der Waals surface area contributed by atoms with E-state index in [0.29, 0.717) is 16.3 Å². The second-order valence-corrected chi connectivity index (χ2v) is 7.75. The fourth-order valence-electron chi connectivity index (χ4n) is 2.63. The summed E-state index contributed by atoms with van der Waals surface area (Å²) in [4.78, 5) is 28.8. The fourth-order valence-corrected chi connectivity index (χ4v) is 3.85. The van der Waals surface area contributed by atoms with Gasteiger partial charge in [-0.2, -0.15) is 5.10 Å². The summed E-state index contributed by atoms with van der Waals surface area (Å²) in [6.45, 7) is 0. The van der Waals surface area contributed by atoms with E-state index in [0.717, 1.165) is 16.7 Å². The summed E-state index contributed by atoms with van der Waals surface area (Å²) in [7, 11) is 0. The van der Waals surface area contributed by atoms with Gasteiger partial charge >= 0.3 is 5.63 Å². The number of halogens is 2. The molecule has 0 aliphatic rings. The van der Waals surface area contributed by atoms with Crippen molar-refractivity contribution in [2.45, 2.75) is 0 Å². The van der Waals surface area contributed by atoms with Crippen LogP contribution in [-0.2, 0) is 0 Å². The Morgan fingerprint density at radius 3 is 2.87 bits per heavy atom. The summed E-state index contributed by atoms with van der Waals surface area (Å²) in [5.41, 5.74) is 3.05. The average molecular weight is 460 g/mol. The molecule has 0 bridgehead atoms. The van der Waals surface area contributed by atoms with E-state index >= 15 is 0 Å². The van der Waals surface area contributed by atoms with Crippen LogP contribution >= 0.6 is 34.5 Å². The van der Waals surface area contributed by atoms with Crippen molar-refractivity contribution in [3.8, 4) is 17.0 Å². The fraction of sp³-hybridized carbons (Fsp3) is 0. The lowest BCUT2D eigenvalue weighted by Crippen LogP contribution is -2.17. The summed E-state index contributed by atoms with van der Waals surface area (Å²) in [5, 5.41) is 16.5. The Kier molecular flexibility index (Phi) is 5.54. The minimum absolute atomic E-state index is 0.0639. The van der Waals surface area contributed by atoms with Crippen LogP contribution in [0.4, 0.5) is 0 Å². The highest BCUT2D eigenvalue weighted by Crippen LogP contribution is 2.30. The highest BCUT2D eigenvalue weighted by atomic mass is 35.5. The van der Waals surface area contributed by atoms with Crippen molar-refractivity contribution in [2.24, 2.45) is 5.10 Å². The molecule has 0 fully saturated rings. The Hall–Kier alpha value is -3.20. The molecule has 10 heteroatoms. The molecule has 30 heavy (non-hydrogen) atoms. The third kappa shape index (κ3) is 4.06. The second kappa shape index (κ2) is 8.27. The number of phenols is 1. The molecule has 0 unspecified atom stereocenters. The number of carbonyl (C=O) groups is 1. The number of phenolic OH excluding ortho intramolecular Hbond substituents is 1. The van der Waals surface area contributed by atoms with Crippen LogP contribution in [-0.4, -0.2) is 22.2 Å². The van der Waals surface area contributed by atoms with Gasteiger partial charge in [0.15, 0.2) is 5.01 Å². The van der Waals surface area contributed by atoms with Crippen molar-refractivity contribution in [2.75, 3.05) is 0 Å². The van der Waals surface area contributed by atoms with Gasteiger partial charge in [0.2, 0.25) is 0 Å². The van der Waals surface area contributed by atoms with E-state index in [1.807, 2.05) is 12.1 Å². The van der Waals surface area contributed by atoms with Gasteiger partial charge in [-0.15, -0.1) is 11.3 Å². The zero-order chi connectivity index (χ0) is 21.3.